The Morgan fingerprint density at radius 3 is 2.96 bits per heavy atom. The van der Waals surface area contributed by atoms with Crippen LogP contribution < -0.4 is 5.32 Å². The first kappa shape index (κ1) is 16.9. The Kier molecular flexibility index (Phi) is 6.00. The van der Waals surface area contributed by atoms with Crippen molar-refractivity contribution in [3.05, 3.63) is 5.82 Å². The fourth-order valence-electron chi connectivity index (χ4n) is 4.04. The number of rotatable bonds is 8. The molecule has 2 aliphatic rings. The van der Waals surface area contributed by atoms with Crippen molar-refractivity contribution in [3.8, 4) is 0 Å². The zero-order valence-electron chi connectivity index (χ0n) is 19.4. The molecule has 28 heavy (non-hydrogen) atoms. The molecule has 0 unspecified atom stereocenters. The van der Waals surface area contributed by atoms with E-state index in [0.29, 0.717) is 24.6 Å². The zero-order chi connectivity index (χ0) is 22.6. The minimum atomic E-state index is -1.90. The van der Waals surface area contributed by atoms with Gasteiger partial charge in [0.1, 0.15) is 12.1 Å². The number of ether oxygens (including phenoxy) is 2. The molecule has 1 saturated carbocycles. The molecule has 2 heterocycles. The number of hydrogen-bond acceptors (Lipinski definition) is 8. The number of aromatic amines is 1. The molecule has 0 bridgehead atoms. The monoisotopic (exact) mass is 396 g/mol. The molecule has 9 heteroatoms. The van der Waals surface area contributed by atoms with Crippen LogP contribution in [0.3, 0.4) is 0 Å². The minimum absolute atomic E-state index is 0.104. The van der Waals surface area contributed by atoms with Crippen LogP contribution in [0.25, 0.3) is 0 Å². The molecule has 0 radical (unpaired) electrons. The number of esters is 2. The van der Waals surface area contributed by atoms with Crippen LogP contribution in [0.2, 0.25) is 0 Å². The van der Waals surface area contributed by atoms with E-state index in [1.807, 2.05) is 0 Å². The van der Waals surface area contributed by atoms with Gasteiger partial charge in [0.2, 0.25) is 0 Å². The van der Waals surface area contributed by atoms with Gasteiger partial charge in [-0.3, -0.25) is 9.59 Å². The maximum absolute atomic E-state index is 12.8. The summed E-state index contributed by atoms with van der Waals surface area (Å²) in [7, 11) is 0. The highest BCUT2D eigenvalue weighted by Gasteiger charge is 2.38. The van der Waals surface area contributed by atoms with E-state index in [1.165, 1.54) is 0 Å². The summed E-state index contributed by atoms with van der Waals surface area (Å²) in [6.07, 6.45) is 3.14. The van der Waals surface area contributed by atoms with Crippen molar-refractivity contribution >= 4 is 11.9 Å². The summed E-state index contributed by atoms with van der Waals surface area (Å²) in [6, 6.07) is -1.90. The normalized spacial score (nSPS) is 34.2. The zero-order valence-corrected chi connectivity index (χ0v) is 16.4. The van der Waals surface area contributed by atoms with Gasteiger partial charge in [-0.2, -0.15) is 5.21 Å². The van der Waals surface area contributed by atoms with E-state index in [2.05, 4.69) is 25.9 Å². The number of carbonyl (C=O) groups excluding carboxylic acids is 2. The maximum atomic E-state index is 12.8. The Hall–Kier alpha value is -2.03. The number of hydrogen-bond donors (Lipinski definition) is 2. The van der Waals surface area contributed by atoms with Crippen molar-refractivity contribution in [2.24, 2.45) is 17.8 Å². The lowest BCUT2D eigenvalue weighted by Gasteiger charge is -2.42. The summed E-state index contributed by atoms with van der Waals surface area (Å²) in [4.78, 5) is 24.4. The summed E-state index contributed by atoms with van der Waals surface area (Å²) in [5.41, 5.74) is 0. The third-order valence-electron chi connectivity index (χ3n) is 5.45. The van der Waals surface area contributed by atoms with Gasteiger partial charge in [0.25, 0.3) is 0 Å². The summed E-state index contributed by atoms with van der Waals surface area (Å²) >= 11 is 0. The number of carbonyl (C=O) groups is 2. The van der Waals surface area contributed by atoms with E-state index in [9.17, 15) is 9.59 Å². The first-order valence-corrected chi connectivity index (χ1v) is 10.0. The van der Waals surface area contributed by atoms with Gasteiger partial charge >= 0.3 is 11.9 Å². The standard InChI is InChI=1S/C19H31N5O4/c1-3-27-18(25)8-12(2)28-19(26)16-10-15-9-13(4-6-14(15)11-20-16)5-7-17-21-23-24-22-17/h12-16,20H,3-11H2,1-2H3,(H,21,22,23,24)/t12-,13-,14+,15-,16+/m1/s1/i11D2,16D. The Morgan fingerprint density at radius 1 is 1.36 bits per heavy atom. The van der Waals surface area contributed by atoms with Crippen molar-refractivity contribution < 1.29 is 23.2 Å². The average Bonchev–Trinajstić information content (AvgIpc) is 3.19. The predicted molar refractivity (Wildman–Crippen MR) is 100 cm³/mol. The molecule has 2 N–H and O–H groups in total. The summed E-state index contributed by atoms with van der Waals surface area (Å²) in [6.45, 7) is 1.64. The van der Waals surface area contributed by atoms with E-state index >= 15 is 0 Å². The molecule has 0 aromatic carbocycles. The molecule has 9 nitrogen and oxygen atoms in total. The molecular weight excluding hydrogens is 362 g/mol. The van der Waals surface area contributed by atoms with Crippen molar-refractivity contribution in [3.63, 3.8) is 0 Å². The molecule has 1 aromatic heterocycles. The van der Waals surface area contributed by atoms with Crippen LogP contribution in [0.5, 0.6) is 0 Å². The topological polar surface area (TPSA) is 119 Å². The van der Waals surface area contributed by atoms with Crippen molar-refractivity contribution in [2.75, 3.05) is 13.1 Å². The number of tetrazole rings is 1. The number of aryl methyl sites for hydroxylation is 1. The van der Waals surface area contributed by atoms with Gasteiger partial charge in [0.05, 0.1) is 14.4 Å². The molecule has 1 aromatic rings. The number of aromatic nitrogens is 4. The quantitative estimate of drug-likeness (QED) is 0.633. The molecule has 156 valence electrons. The Morgan fingerprint density at radius 2 is 2.21 bits per heavy atom. The van der Waals surface area contributed by atoms with Crippen LogP contribution in [-0.2, 0) is 25.5 Å². The number of fused-ring (bicyclic) bond motifs is 1. The first-order chi connectivity index (χ1) is 14.6. The number of piperidine rings is 1. The maximum Gasteiger partial charge on any atom is 0.323 e. The van der Waals surface area contributed by atoms with Crippen LogP contribution in [-0.4, -0.2) is 57.8 Å². The summed E-state index contributed by atoms with van der Waals surface area (Å²) in [5, 5.41) is 16.5. The lowest BCUT2D eigenvalue weighted by Crippen LogP contribution is -2.50. The van der Waals surface area contributed by atoms with E-state index in [-0.39, 0.29) is 31.3 Å². The van der Waals surface area contributed by atoms with E-state index in [4.69, 9.17) is 13.6 Å². The lowest BCUT2D eigenvalue weighted by molar-refractivity contribution is -0.157. The second kappa shape index (κ2) is 9.95. The largest absolute Gasteiger partial charge is 0.466 e. The van der Waals surface area contributed by atoms with Crippen molar-refractivity contribution in [2.45, 2.75) is 70.9 Å². The number of H-pyrrole nitrogens is 1. The van der Waals surface area contributed by atoms with E-state index < -0.39 is 30.6 Å². The van der Waals surface area contributed by atoms with Gasteiger partial charge in [-0.05, 0) is 63.8 Å². The SMILES string of the molecule is [2H]C1([2H])N[C@]([2H])(C(=O)O[C@H](C)CC(=O)OCC)C[C@H]2C[C@@H](CCc3nn[nH]n3)CC[C@H]21. The first-order valence-electron chi connectivity index (χ1n) is 11.5. The molecule has 2 fully saturated rings. The third kappa shape index (κ3) is 5.73. The van der Waals surface area contributed by atoms with E-state index in [0.717, 1.165) is 19.3 Å². The Balaban J connectivity index is 1.61. The molecule has 1 saturated heterocycles. The fourth-order valence-corrected chi connectivity index (χ4v) is 4.04. The van der Waals surface area contributed by atoms with Gasteiger partial charge in [-0.1, -0.05) is 11.6 Å². The van der Waals surface area contributed by atoms with Gasteiger partial charge in [-0.15, -0.1) is 10.2 Å². The van der Waals surface area contributed by atoms with E-state index in [1.54, 1.807) is 13.8 Å². The summed E-state index contributed by atoms with van der Waals surface area (Å²) < 4.78 is 35.8. The van der Waals surface area contributed by atoms with Gasteiger partial charge < -0.3 is 14.8 Å². The van der Waals surface area contributed by atoms with Gasteiger partial charge in [-0.25, -0.2) is 0 Å². The molecule has 1 aliphatic heterocycles. The predicted octanol–water partition coefficient (Wildman–Crippen LogP) is 1.41. The fraction of sp³-hybridized carbons (Fsp3) is 0.842. The number of nitrogens with one attached hydrogen (secondary N) is 2. The van der Waals surface area contributed by atoms with Crippen LogP contribution in [0.4, 0.5) is 0 Å². The molecule has 1 aliphatic carbocycles. The second-order valence-electron chi connectivity index (χ2n) is 7.59. The average molecular weight is 397 g/mol. The van der Waals surface area contributed by atoms with Crippen LogP contribution in [0.1, 0.15) is 62.3 Å². The highest BCUT2D eigenvalue weighted by molar-refractivity contribution is 5.77. The third-order valence-corrected chi connectivity index (χ3v) is 5.45. The molecule has 5 atom stereocenters. The number of nitrogens with zero attached hydrogens (tertiary/aromatic N) is 3. The van der Waals surface area contributed by atoms with Crippen LogP contribution in [0.15, 0.2) is 0 Å². The second-order valence-corrected chi connectivity index (χ2v) is 7.59. The molecule has 3 rings (SSSR count). The van der Waals surface area contributed by atoms with Crippen molar-refractivity contribution in [1.82, 2.24) is 25.9 Å². The van der Waals surface area contributed by atoms with Crippen LogP contribution >= 0.6 is 0 Å². The van der Waals surface area contributed by atoms with Gasteiger partial charge in [0.15, 0.2) is 5.82 Å². The lowest BCUT2D eigenvalue weighted by atomic mass is 9.69. The molecule has 0 spiro atoms. The minimum Gasteiger partial charge on any atom is -0.466 e. The smallest absolute Gasteiger partial charge is 0.323 e. The van der Waals surface area contributed by atoms with Crippen molar-refractivity contribution in [1.29, 1.82) is 0 Å². The highest BCUT2D eigenvalue weighted by atomic mass is 16.6. The molecule has 0 amide bonds. The molecular formula is C19H31N5O4. The van der Waals surface area contributed by atoms with Gasteiger partial charge in [0, 0.05) is 9.16 Å². The Bertz CT molecular complexity index is 766. The highest BCUT2D eigenvalue weighted by Crippen LogP contribution is 2.40. The summed E-state index contributed by atoms with van der Waals surface area (Å²) in [5.74, 6) is -0.734. The Labute approximate surface area is 169 Å². The van der Waals surface area contributed by atoms with Crippen LogP contribution in [0, 0.1) is 17.8 Å².